The van der Waals surface area contributed by atoms with Crippen molar-refractivity contribution in [2.45, 2.75) is 13.3 Å². The first-order valence-electron chi connectivity index (χ1n) is 7.21. The molecule has 0 saturated carbocycles. The summed E-state index contributed by atoms with van der Waals surface area (Å²) in [6.07, 6.45) is 2.75. The van der Waals surface area contributed by atoms with Gasteiger partial charge in [0.15, 0.2) is 4.32 Å². The van der Waals surface area contributed by atoms with Crippen LogP contribution in [0.25, 0.3) is 6.08 Å². The fourth-order valence-corrected chi connectivity index (χ4v) is 3.96. The topological polar surface area (TPSA) is 20.3 Å². The standard InChI is InChI=1S/C18H14BrNOS2/c1-2-13-5-3-4-6-15(13)20-17(21)16(23-18(20)22)11-12-7-9-14(19)10-8-12/h3-11H,2H2,1H3/b16-11-. The third kappa shape index (κ3) is 3.42. The molecule has 1 amide bonds. The van der Waals surface area contributed by atoms with Gasteiger partial charge in [0.25, 0.3) is 5.91 Å². The molecule has 3 rings (SSSR count). The van der Waals surface area contributed by atoms with E-state index in [-0.39, 0.29) is 5.91 Å². The molecule has 2 aromatic carbocycles. The van der Waals surface area contributed by atoms with E-state index in [1.165, 1.54) is 11.8 Å². The predicted octanol–water partition coefficient (Wildman–Crippen LogP) is 5.42. The van der Waals surface area contributed by atoms with Crippen LogP contribution in [-0.4, -0.2) is 10.2 Å². The lowest BCUT2D eigenvalue weighted by atomic mass is 10.1. The molecule has 1 heterocycles. The smallest absolute Gasteiger partial charge is 0.268 e. The molecule has 5 heteroatoms. The van der Waals surface area contributed by atoms with E-state index in [1.807, 2.05) is 54.6 Å². The van der Waals surface area contributed by atoms with Crippen LogP contribution in [0.1, 0.15) is 18.1 Å². The highest BCUT2D eigenvalue weighted by atomic mass is 79.9. The van der Waals surface area contributed by atoms with E-state index in [0.717, 1.165) is 27.7 Å². The summed E-state index contributed by atoms with van der Waals surface area (Å²) in [7, 11) is 0. The third-order valence-electron chi connectivity index (χ3n) is 3.57. The van der Waals surface area contributed by atoms with Crippen molar-refractivity contribution in [3.63, 3.8) is 0 Å². The monoisotopic (exact) mass is 403 g/mol. The van der Waals surface area contributed by atoms with E-state index in [2.05, 4.69) is 22.9 Å². The van der Waals surface area contributed by atoms with Crippen molar-refractivity contribution >= 4 is 61.9 Å². The van der Waals surface area contributed by atoms with Crippen LogP contribution in [-0.2, 0) is 11.2 Å². The Morgan fingerprint density at radius 3 is 2.57 bits per heavy atom. The highest BCUT2D eigenvalue weighted by Crippen LogP contribution is 2.37. The summed E-state index contributed by atoms with van der Waals surface area (Å²) in [4.78, 5) is 15.1. The molecule has 1 fully saturated rings. The third-order valence-corrected chi connectivity index (χ3v) is 5.41. The van der Waals surface area contributed by atoms with E-state index in [0.29, 0.717) is 9.23 Å². The highest BCUT2D eigenvalue weighted by molar-refractivity contribution is 9.10. The molecule has 0 N–H and O–H groups in total. The molecule has 0 atom stereocenters. The lowest BCUT2D eigenvalue weighted by Gasteiger charge is -2.18. The van der Waals surface area contributed by atoms with Crippen molar-refractivity contribution in [3.05, 3.63) is 69.0 Å². The first-order valence-corrected chi connectivity index (χ1v) is 9.23. The number of carbonyl (C=O) groups is 1. The molecule has 1 saturated heterocycles. The van der Waals surface area contributed by atoms with Gasteiger partial charge in [-0.1, -0.05) is 77.2 Å². The Kier molecular flexibility index (Phi) is 4.99. The van der Waals surface area contributed by atoms with Crippen LogP contribution >= 0.6 is 39.9 Å². The average Bonchev–Trinajstić information content (AvgIpc) is 2.83. The zero-order valence-electron chi connectivity index (χ0n) is 12.5. The van der Waals surface area contributed by atoms with Gasteiger partial charge < -0.3 is 0 Å². The van der Waals surface area contributed by atoms with Crippen molar-refractivity contribution in [1.29, 1.82) is 0 Å². The number of anilines is 1. The SMILES string of the molecule is CCc1ccccc1N1C(=O)/C(=C/c2ccc(Br)cc2)SC1=S. The summed E-state index contributed by atoms with van der Waals surface area (Å²) >= 11 is 10.2. The molecular weight excluding hydrogens is 390 g/mol. The van der Waals surface area contributed by atoms with Crippen LogP contribution in [0.4, 0.5) is 5.69 Å². The quantitative estimate of drug-likeness (QED) is 0.504. The molecule has 23 heavy (non-hydrogen) atoms. The number of halogens is 1. The van der Waals surface area contributed by atoms with Crippen LogP contribution in [0.15, 0.2) is 57.9 Å². The second-order valence-corrected chi connectivity index (χ2v) is 7.64. The Balaban J connectivity index is 1.95. The van der Waals surface area contributed by atoms with Crippen LogP contribution in [0.3, 0.4) is 0 Å². The second kappa shape index (κ2) is 6.99. The van der Waals surface area contributed by atoms with E-state index >= 15 is 0 Å². The van der Waals surface area contributed by atoms with Crippen molar-refractivity contribution in [1.82, 2.24) is 0 Å². The first-order chi connectivity index (χ1) is 11.1. The maximum absolute atomic E-state index is 12.8. The van der Waals surface area contributed by atoms with Crippen molar-refractivity contribution in [3.8, 4) is 0 Å². The minimum Gasteiger partial charge on any atom is -0.268 e. The van der Waals surface area contributed by atoms with Gasteiger partial charge in [-0.05, 0) is 41.8 Å². The summed E-state index contributed by atoms with van der Waals surface area (Å²) in [5.41, 5.74) is 2.99. The molecule has 2 aromatic rings. The van der Waals surface area contributed by atoms with Crippen molar-refractivity contribution in [2.24, 2.45) is 0 Å². The van der Waals surface area contributed by atoms with Crippen LogP contribution < -0.4 is 4.90 Å². The minimum absolute atomic E-state index is 0.0520. The zero-order valence-corrected chi connectivity index (χ0v) is 15.7. The maximum atomic E-state index is 12.8. The number of hydrogen-bond donors (Lipinski definition) is 0. The number of thiocarbonyl (C=S) groups is 1. The number of benzene rings is 2. The minimum atomic E-state index is -0.0520. The molecule has 1 aliphatic heterocycles. The van der Waals surface area contributed by atoms with E-state index in [9.17, 15) is 4.79 Å². The molecular formula is C18H14BrNOS2. The lowest BCUT2D eigenvalue weighted by Crippen LogP contribution is -2.28. The van der Waals surface area contributed by atoms with Gasteiger partial charge in [0.2, 0.25) is 0 Å². The van der Waals surface area contributed by atoms with Gasteiger partial charge in [-0.15, -0.1) is 0 Å². The fourth-order valence-electron chi connectivity index (χ4n) is 2.41. The van der Waals surface area contributed by atoms with Crippen LogP contribution in [0.2, 0.25) is 0 Å². The van der Waals surface area contributed by atoms with E-state index in [1.54, 1.807) is 4.90 Å². The van der Waals surface area contributed by atoms with Gasteiger partial charge in [-0.2, -0.15) is 0 Å². The van der Waals surface area contributed by atoms with Gasteiger partial charge >= 0.3 is 0 Å². The molecule has 0 aliphatic carbocycles. The summed E-state index contributed by atoms with van der Waals surface area (Å²) in [6.45, 7) is 2.08. The highest BCUT2D eigenvalue weighted by Gasteiger charge is 2.34. The average molecular weight is 404 g/mol. The summed E-state index contributed by atoms with van der Waals surface area (Å²) in [5.74, 6) is -0.0520. The molecule has 0 unspecified atom stereocenters. The van der Waals surface area contributed by atoms with Crippen LogP contribution in [0, 0.1) is 0 Å². The van der Waals surface area contributed by atoms with Crippen LogP contribution in [0.5, 0.6) is 0 Å². The van der Waals surface area contributed by atoms with Gasteiger partial charge in [-0.25, -0.2) is 0 Å². The number of thioether (sulfide) groups is 1. The number of rotatable bonds is 3. The molecule has 0 aromatic heterocycles. The first kappa shape index (κ1) is 16.4. The van der Waals surface area contributed by atoms with Crippen molar-refractivity contribution < 1.29 is 4.79 Å². The molecule has 1 aliphatic rings. The van der Waals surface area contributed by atoms with E-state index < -0.39 is 0 Å². The fraction of sp³-hybridized carbons (Fsp3) is 0.111. The van der Waals surface area contributed by atoms with Gasteiger partial charge in [0.05, 0.1) is 10.6 Å². The Morgan fingerprint density at radius 1 is 1.17 bits per heavy atom. The zero-order chi connectivity index (χ0) is 16.4. The summed E-state index contributed by atoms with van der Waals surface area (Å²) < 4.78 is 1.60. The number of hydrogen-bond acceptors (Lipinski definition) is 3. The van der Waals surface area contributed by atoms with E-state index in [4.69, 9.17) is 12.2 Å². The number of carbonyl (C=O) groups excluding carboxylic acids is 1. The normalized spacial score (nSPS) is 16.4. The predicted molar refractivity (Wildman–Crippen MR) is 106 cm³/mol. The Bertz CT molecular complexity index is 799. The van der Waals surface area contributed by atoms with Gasteiger partial charge in [0.1, 0.15) is 0 Å². The maximum Gasteiger partial charge on any atom is 0.270 e. The molecule has 0 bridgehead atoms. The lowest BCUT2D eigenvalue weighted by molar-refractivity contribution is -0.113. The number of aryl methyl sites for hydroxylation is 1. The largest absolute Gasteiger partial charge is 0.270 e. The Morgan fingerprint density at radius 2 is 1.87 bits per heavy atom. The van der Waals surface area contributed by atoms with Crippen molar-refractivity contribution in [2.75, 3.05) is 4.90 Å². The molecule has 0 spiro atoms. The number of para-hydroxylation sites is 1. The molecule has 116 valence electrons. The second-order valence-electron chi connectivity index (χ2n) is 5.05. The van der Waals surface area contributed by atoms with Gasteiger partial charge in [-0.3, -0.25) is 9.69 Å². The summed E-state index contributed by atoms with van der Waals surface area (Å²) in [5, 5.41) is 0. The Labute approximate surface area is 153 Å². The Hall–Kier alpha value is -1.43. The molecule has 0 radical (unpaired) electrons. The molecule has 2 nitrogen and oxygen atoms in total. The van der Waals surface area contributed by atoms with Gasteiger partial charge in [0, 0.05) is 4.47 Å². The number of nitrogens with zero attached hydrogens (tertiary/aromatic N) is 1. The number of amides is 1. The summed E-state index contributed by atoms with van der Waals surface area (Å²) in [6, 6.07) is 15.8.